The van der Waals surface area contributed by atoms with Crippen molar-refractivity contribution in [2.75, 3.05) is 13.2 Å². The van der Waals surface area contributed by atoms with Gasteiger partial charge in [-0.25, -0.2) is 0 Å². The Bertz CT molecular complexity index is 207. The maximum Gasteiger partial charge on any atom is 0.157 e. The summed E-state index contributed by atoms with van der Waals surface area (Å²) in [7, 11) is 0. The van der Waals surface area contributed by atoms with Crippen LogP contribution in [0.5, 0.6) is 0 Å². The molecule has 0 aromatic heterocycles. The normalized spacial score (nSPS) is 20.2. The van der Waals surface area contributed by atoms with Crippen LogP contribution in [-0.4, -0.2) is 19.5 Å². The van der Waals surface area contributed by atoms with Crippen molar-refractivity contribution in [1.29, 1.82) is 0 Å². The monoisotopic (exact) mass is 268 g/mol. The van der Waals surface area contributed by atoms with Crippen LogP contribution < -0.4 is 0 Å². The predicted molar refractivity (Wildman–Crippen MR) is 81.3 cm³/mol. The summed E-state index contributed by atoms with van der Waals surface area (Å²) in [5.74, 6) is 0. The second kappa shape index (κ2) is 12.7. The van der Waals surface area contributed by atoms with E-state index in [1.165, 1.54) is 64.2 Å². The Morgan fingerprint density at radius 2 is 1.79 bits per heavy atom. The number of ether oxygens (including phenoxy) is 2. The van der Waals surface area contributed by atoms with Gasteiger partial charge < -0.3 is 9.47 Å². The van der Waals surface area contributed by atoms with Gasteiger partial charge in [-0.3, -0.25) is 0 Å². The molecule has 1 aliphatic rings. The Morgan fingerprint density at radius 1 is 1.00 bits per heavy atom. The summed E-state index contributed by atoms with van der Waals surface area (Å²) < 4.78 is 11.3. The van der Waals surface area contributed by atoms with Gasteiger partial charge in [-0.15, -0.1) is 0 Å². The topological polar surface area (TPSA) is 18.5 Å². The van der Waals surface area contributed by atoms with Crippen LogP contribution in [0.4, 0.5) is 0 Å². The van der Waals surface area contributed by atoms with Crippen LogP contribution in [0.25, 0.3) is 0 Å². The Morgan fingerprint density at radius 3 is 2.53 bits per heavy atom. The van der Waals surface area contributed by atoms with E-state index in [1.807, 2.05) is 0 Å². The molecule has 19 heavy (non-hydrogen) atoms. The third-order valence-electron chi connectivity index (χ3n) is 3.61. The summed E-state index contributed by atoms with van der Waals surface area (Å²) >= 11 is 0. The van der Waals surface area contributed by atoms with Gasteiger partial charge in [-0.05, 0) is 44.9 Å². The highest BCUT2D eigenvalue weighted by molar-refractivity contribution is 4.79. The van der Waals surface area contributed by atoms with Crippen molar-refractivity contribution in [2.45, 2.75) is 83.8 Å². The number of unbranched alkanes of at least 4 members (excludes halogenated alkanes) is 6. The van der Waals surface area contributed by atoms with Crippen molar-refractivity contribution in [3.8, 4) is 0 Å². The molecule has 0 bridgehead atoms. The van der Waals surface area contributed by atoms with Gasteiger partial charge in [0.05, 0.1) is 0 Å². The molecule has 0 saturated carbocycles. The van der Waals surface area contributed by atoms with E-state index in [0.717, 1.165) is 19.6 Å². The second-order valence-electron chi connectivity index (χ2n) is 5.46. The average molecular weight is 268 g/mol. The highest BCUT2D eigenvalue weighted by Gasteiger charge is 2.13. The fourth-order valence-corrected chi connectivity index (χ4v) is 2.41. The lowest BCUT2D eigenvalue weighted by atomic mass is 10.1. The molecular weight excluding hydrogens is 236 g/mol. The highest BCUT2D eigenvalue weighted by Crippen LogP contribution is 2.14. The molecule has 1 unspecified atom stereocenters. The number of hydrogen-bond donors (Lipinski definition) is 0. The van der Waals surface area contributed by atoms with Crippen LogP contribution in [0, 0.1) is 0 Å². The zero-order chi connectivity index (χ0) is 13.6. The van der Waals surface area contributed by atoms with Gasteiger partial charge in [0.2, 0.25) is 0 Å². The van der Waals surface area contributed by atoms with Gasteiger partial charge in [0.15, 0.2) is 6.29 Å². The third-order valence-corrected chi connectivity index (χ3v) is 3.61. The zero-order valence-corrected chi connectivity index (χ0v) is 12.7. The van der Waals surface area contributed by atoms with Gasteiger partial charge in [0.1, 0.15) is 0 Å². The molecule has 0 aliphatic carbocycles. The Kier molecular flexibility index (Phi) is 11.2. The first-order chi connectivity index (χ1) is 9.43. The van der Waals surface area contributed by atoms with Crippen molar-refractivity contribution in [3.05, 3.63) is 12.2 Å². The molecule has 0 aromatic rings. The van der Waals surface area contributed by atoms with Crippen LogP contribution in [0.3, 0.4) is 0 Å². The lowest BCUT2D eigenvalue weighted by Crippen LogP contribution is -2.22. The van der Waals surface area contributed by atoms with Crippen LogP contribution in [0.1, 0.15) is 77.6 Å². The Balaban J connectivity index is 1.74. The fraction of sp³-hybridized carbons (Fsp3) is 0.882. The molecule has 2 heteroatoms. The maximum absolute atomic E-state index is 5.72. The lowest BCUT2D eigenvalue weighted by Gasteiger charge is -2.22. The van der Waals surface area contributed by atoms with Gasteiger partial charge in [0.25, 0.3) is 0 Å². The van der Waals surface area contributed by atoms with E-state index in [2.05, 4.69) is 19.1 Å². The molecule has 1 aliphatic heterocycles. The van der Waals surface area contributed by atoms with E-state index in [4.69, 9.17) is 9.47 Å². The molecule has 112 valence electrons. The average Bonchev–Trinajstić information content (AvgIpc) is 2.46. The second-order valence-corrected chi connectivity index (χ2v) is 5.46. The lowest BCUT2D eigenvalue weighted by molar-refractivity contribution is -0.162. The molecule has 0 aromatic carbocycles. The summed E-state index contributed by atoms with van der Waals surface area (Å²) in [5, 5.41) is 0. The standard InChI is InChI=1S/C17H32O2/c1-2-3-4-5-6-7-8-9-10-12-15-18-17-14-11-13-16-19-17/h3-4,17H,2,5-16H2,1H3. The number of allylic oxidation sites excluding steroid dienone is 2. The first kappa shape index (κ1) is 16.7. The third kappa shape index (κ3) is 10.1. The van der Waals surface area contributed by atoms with E-state index in [1.54, 1.807) is 0 Å². The minimum atomic E-state index is 0.0964. The summed E-state index contributed by atoms with van der Waals surface area (Å²) in [6, 6.07) is 0. The number of rotatable bonds is 11. The van der Waals surface area contributed by atoms with Gasteiger partial charge in [0, 0.05) is 13.2 Å². The molecule has 0 amide bonds. The smallest absolute Gasteiger partial charge is 0.157 e. The van der Waals surface area contributed by atoms with Crippen LogP contribution in [-0.2, 0) is 9.47 Å². The van der Waals surface area contributed by atoms with Gasteiger partial charge >= 0.3 is 0 Å². The molecule has 1 atom stereocenters. The van der Waals surface area contributed by atoms with Crippen LogP contribution in [0.15, 0.2) is 12.2 Å². The first-order valence-corrected chi connectivity index (χ1v) is 8.31. The van der Waals surface area contributed by atoms with E-state index in [9.17, 15) is 0 Å². The van der Waals surface area contributed by atoms with Crippen molar-refractivity contribution in [1.82, 2.24) is 0 Å². The number of hydrogen-bond acceptors (Lipinski definition) is 2. The van der Waals surface area contributed by atoms with E-state index < -0.39 is 0 Å². The summed E-state index contributed by atoms with van der Waals surface area (Å²) in [4.78, 5) is 0. The van der Waals surface area contributed by atoms with Crippen LogP contribution >= 0.6 is 0 Å². The first-order valence-electron chi connectivity index (χ1n) is 8.31. The van der Waals surface area contributed by atoms with Crippen molar-refractivity contribution in [2.24, 2.45) is 0 Å². The van der Waals surface area contributed by atoms with Crippen LogP contribution in [0.2, 0.25) is 0 Å². The van der Waals surface area contributed by atoms with Crippen molar-refractivity contribution >= 4 is 0 Å². The summed E-state index contributed by atoms with van der Waals surface area (Å²) in [6.45, 7) is 3.96. The predicted octanol–water partition coefficient (Wildman–Crippen LogP) is 5.23. The molecule has 0 spiro atoms. The Labute approximate surface area is 119 Å². The SMILES string of the molecule is CCC=CCCCCCCCCOC1CCCCO1. The molecule has 0 radical (unpaired) electrons. The van der Waals surface area contributed by atoms with E-state index in [-0.39, 0.29) is 6.29 Å². The van der Waals surface area contributed by atoms with Crippen molar-refractivity contribution in [3.63, 3.8) is 0 Å². The Hall–Kier alpha value is -0.340. The fourth-order valence-electron chi connectivity index (χ4n) is 2.41. The molecule has 1 rings (SSSR count). The molecular formula is C17H32O2. The van der Waals surface area contributed by atoms with E-state index >= 15 is 0 Å². The minimum absolute atomic E-state index is 0.0964. The minimum Gasteiger partial charge on any atom is -0.353 e. The van der Waals surface area contributed by atoms with E-state index in [0.29, 0.717) is 0 Å². The largest absolute Gasteiger partial charge is 0.353 e. The molecule has 1 heterocycles. The molecule has 0 N–H and O–H groups in total. The zero-order valence-electron chi connectivity index (χ0n) is 12.7. The summed E-state index contributed by atoms with van der Waals surface area (Å²) in [5.41, 5.74) is 0. The quantitative estimate of drug-likeness (QED) is 0.377. The molecule has 1 saturated heterocycles. The molecule has 2 nitrogen and oxygen atoms in total. The van der Waals surface area contributed by atoms with Gasteiger partial charge in [-0.1, -0.05) is 44.8 Å². The molecule has 1 fully saturated rings. The highest BCUT2D eigenvalue weighted by atomic mass is 16.7. The van der Waals surface area contributed by atoms with Crippen molar-refractivity contribution < 1.29 is 9.47 Å². The van der Waals surface area contributed by atoms with Gasteiger partial charge in [-0.2, -0.15) is 0 Å². The maximum atomic E-state index is 5.72. The summed E-state index contributed by atoms with van der Waals surface area (Å²) in [6.07, 6.45) is 18.6.